The summed E-state index contributed by atoms with van der Waals surface area (Å²) in [6.07, 6.45) is 7.97. The third kappa shape index (κ3) is 21.8. The minimum Gasteiger partial charge on any atom is -0.507 e. The van der Waals surface area contributed by atoms with Gasteiger partial charge in [0, 0.05) is 124 Å². The molecule has 10 N–H and O–H groups in total. The topological polar surface area (TPSA) is 329 Å². The van der Waals surface area contributed by atoms with Crippen LogP contribution in [0.25, 0.3) is 90.9 Å². The molecular formula is C112H142N8O16P4. The van der Waals surface area contributed by atoms with Crippen LogP contribution in [-0.2, 0) is 97.8 Å². The number of anilines is 4. The number of fused-ring (bicyclic) bond motifs is 8. The molecule has 140 heavy (non-hydrogen) atoms. The molecule has 4 atom stereocenters. The molecule has 11 aromatic rings. The van der Waals surface area contributed by atoms with Crippen LogP contribution in [0.15, 0.2) is 170 Å². The van der Waals surface area contributed by atoms with Gasteiger partial charge in [-0.25, -0.2) is 9.97 Å². The summed E-state index contributed by atoms with van der Waals surface area (Å²) >= 11 is 0. The molecule has 4 unspecified atom stereocenters. The quantitative estimate of drug-likeness (QED) is 0.0204. The Balaban J connectivity index is 1.08. The highest BCUT2D eigenvalue weighted by molar-refractivity contribution is 7.55. The van der Waals surface area contributed by atoms with Crippen LogP contribution >= 0.6 is 30.4 Å². The smallest absolute Gasteiger partial charge is 0.356 e. The van der Waals surface area contributed by atoms with E-state index in [1.54, 1.807) is 0 Å². The van der Waals surface area contributed by atoms with Gasteiger partial charge in [-0.15, -0.1) is 0 Å². The van der Waals surface area contributed by atoms with Gasteiger partial charge in [-0.1, -0.05) is 215 Å². The average Bonchev–Trinajstić information content (AvgIpc) is 1.57. The van der Waals surface area contributed by atoms with Crippen LogP contribution < -0.4 is 21.3 Å². The SMILES string of the molecule is COP(=O)(OC)C(Nc1ccc(-c2c3nc(c(-c4ccc(NC(c5cc(C(C)(C)C)c(O)c(C(C)(C)C)c5)P(=O)(OC)OC)cc4)c4ccc([nH]4)c(-c4ccc(NC(c5cc(C(C)(C)C)c(O)c(C(C)(C)C)c5)P(=O)(OC)OC)cc4)c4nc(c(-c5ccc(NC(c6cc(C(C)(C)C)c(O)c(C(C)(C)C)c6)P(=O)(OC)OC)cc5)c5ccc2[nH]5)C=C4)C=C3)cc1)c1cc(C(C)(C)C)c(O)c(C(C)(C)C)c1. The number of H-pyrrole nitrogens is 2. The second-order valence-corrected chi connectivity index (χ2v) is 53.8. The fraction of sp³-hybridized carbons (Fsp3) is 0.393. The molecule has 746 valence electrons. The minimum atomic E-state index is -4.03. The molecule has 8 aromatic carbocycles. The molecular weight excluding hydrogens is 1840 g/mol. The first-order valence-corrected chi connectivity index (χ1v) is 53.6. The van der Waals surface area contributed by atoms with E-state index >= 15 is 18.3 Å². The molecule has 13 rings (SSSR count). The van der Waals surface area contributed by atoms with Crippen molar-refractivity contribution in [1.29, 1.82) is 0 Å². The molecule has 2 aliphatic rings. The molecule has 0 radical (unpaired) electrons. The standard InChI is InChI=1S/C112H142N8O16P4/c1-105(2,3)77-57-69(58-78(97(77)121)106(4,5)6)101(137(125,129-25)130-26)113-73-41-33-65(34-42-73)93-85-49-51-87(117-85)94(66-35-43-74(44-36-66)114-102(138(126,131-27)132-28)70-59-79(107(7,8)9)98(122)80(60-70)108(10,11)12)89-53-55-91(119-89)96(68-39-47-76(48-40-68)116-104(140(128,135-31)136-32)72-63-83(111(19,20)21)100(124)84(64-72)112(22,23)24)92-56-54-90(120-92)95(88-52-50-86(93)118-88)67-37-45-75(46-38-67)115-103(139(127,133-29)134-30)71-61-81(109(13,14)15)99(123)82(62-71)110(16,17)18/h33-64,101-104,113-117,120-124H,1-32H3. The van der Waals surface area contributed by atoms with Crippen molar-refractivity contribution < 1.29 is 74.9 Å². The van der Waals surface area contributed by atoms with E-state index in [2.05, 4.69) is 31.2 Å². The van der Waals surface area contributed by atoms with E-state index in [1.165, 1.54) is 56.9 Å². The van der Waals surface area contributed by atoms with Crippen molar-refractivity contribution in [3.63, 3.8) is 0 Å². The van der Waals surface area contributed by atoms with Crippen LogP contribution in [0.5, 0.6) is 23.0 Å². The number of nitrogens with one attached hydrogen (secondary N) is 6. The van der Waals surface area contributed by atoms with E-state index in [0.29, 0.717) is 157 Å². The van der Waals surface area contributed by atoms with E-state index in [0.717, 1.165) is 22.3 Å². The Morgan fingerprint density at radius 2 is 0.386 bits per heavy atom. The van der Waals surface area contributed by atoms with Gasteiger partial charge in [0.05, 0.1) is 22.8 Å². The van der Waals surface area contributed by atoms with E-state index in [9.17, 15) is 20.4 Å². The summed E-state index contributed by atoms with van der Waals surface area (Å²) in [4.78, 5) is 19.3. The fourth-order valence-electron chi connectivity index (χ4n) is 18.3. The first-order valence-electron chi connectivity index (χ1n) is 47.1. The summed E-state index contributed by atoms with van der Waals surface area (Å²) in [5.41, 5.74) is 16.3. The van der Waals surface area contributed by atoms with Crippen LogP contribution in [0, 0.1) is 0 Å². The maximum Gasteiger partial charge on any atom is 0.356 e. The highest BCUT2D eigenvalue weighted by Gasteiger charge is 2.45. The predicted molar refractivity (Wildman–Crippen MR) is 575 cm³/mol. The lowest BCUT2D eigenvalue weighted by atomic mass is 9.78. The molecule has 0 saturated heterocycles. The molecule has 8 bridgehead atoms. The number of phenolic OH excluding ortho intramolecular Hbond substituents is 4. The summed E-state index contributed by atoms with van der Waals surface area (Å²) in [5.74, 6) is -3.62. The van der Waals surface area contributed by atoms with Gasteiger partial charge in [0.1, 0.15) is 23.0 Å². The number of phenols is 4. The Bertz CT molecular complexity index is 5980. The second kappa shape index (κ2) is 39.6. The number of nitrogens with zero attached hydrogens (tertiary/aromatic N) is 2. The number of hydrogen-bond donors (Lipinski definition) is 10. The Morgan fingerprint density at radius 3 is 0.514 bits per heavy atom. The Morgan fingerprint density at radius 1 is 0.243 bits per heavy atom. The second-order valence-electron chi connectivity index (χ2n) is 44.5. The van der Waals surface area contributed by atoms with Crippen molar-refractivity contribution in [3.05, 3.63) is 259 Å². The Labute approximate surface area is 826 Å². The zero-order valence-electron chi connectivity index (χ0n) is 87.2. The van der Waals surface area contributed by atoms with Crippen LogP contribution in [0.3, 0.4) is 0 Å². The zero-order valence-corrected chi connectivity index (χ0v) is 90.7. The van der Waals surface area contributed by atoms with Gasteiger partial charge in [0.25, 0.3) is 0 Å². The third-order valence-corrected chi connectivity index (χ3v) is 34.5. The molecule has 0 saturated carbocycles. The van der Waals surface area contributed by atoms with Crippen molar-refractivity contribution >= 4 is 99.5 Å². The first-order chi connectivity index (χ1) is 65.1. The van der Waals surface area contributed by atoms with Crippen LogP contribution in [0.4, 0.5) is 22.7 Å². The van der Waals surface area contributed by atoms with Crippen molar-refractivity contribution in [2.24, 2.45) is 0 Å². The lowest BCUT2D eigenvalue weighted by Crippen LogP contribution is -2.20. The van der Waals surface area contributed by atoms with Crippen molar-refractivity contribution in [1.82, 2.24) is 19.9 Å². The fourth-order valence-corrected chi connectivity index (χ4v) is 23.9. The van der Waals surface area contributed by atoms with Gasteiger partial charge in [0.2, 0.25) is 0 Å². The third-order valence-electron chi connectivity index (χ3n) is 26.2. The van der Waals surface area contributed by atoms with Crippen molar-refractivity contribution in [2.45, 2.75) is 233 Å². The van der Waals surface area contributed by atoms with E-state index in [-0.39, 0.29) is 23.0 Å². The molecule has 0 aliphatic carbocycles. The maximum absolute atomic E-state index is 15.2. The lowest BCUT2D eigenvalue weighted by molar-refractivity contribution is 0.267. The van der Waals surface area contributed by atoms with Gasteiger partial charge in [0.15, 0.2) is 23.1 Å². The summed E-state index contributed by atoms with van der Waals surface area (Å²) in [6, 6.07) is 54.2. The number of hydrogen-bond acceptors (Lipinski definition) is 22. The van der Waals surface area contributed by atoms with Gasteiger partial charge < -0.3 is 87.9 Å². The van der Waals surface area contributed by atoms with Gasteiger partial charge >= 0.3 is 30.4 Å². The average molecular weight is 1980 g/mol. The summed E-state index contributed by atoms with van der Waals surface area (Å²) < 4.78 is 108. The van der Waals surface area contributed by atoms with Gasteiger partial charge in [-0.05, 0) is 278 Å². The van der Waals surface area contributed by atoms with Crippen molar-refractivity contribution in [2.75, 3.05) is 78.1 Å². The number of aromatic hydroxyl groups is 4. The Hall–Kier alpha value is -10.6. The molecule has 0 spiro atoms. The van der Waals surface area contributed by atoms with Gasteiger partial charge in [-0.2, -0.15) is 0 Å². The molecule has 0 fully saturated rings. The number of rotatable bonds is 28. The number of aromatic amines is 2. The molecule has 24 nitrogen and oxygen atoms in total. The predicted octanol–water partition coefficient (Wildman–Crippen LogP) is 30.9. The first kappa shape index (κ1) is 107. The monoisotopic (exact) mass is 1980 g/mol. The maximum atomic E-state index is 15.2. The summed E-state index contributed by atoms with van der Waals surface area (Å²) in [6.45, 7) is 48.6. The highest BCUT2D eigenvalue weighted by Crippen LogP contribution is 2.66. The lowest BCUT2D eigenvalue weighted by Gasteiger charge is -2.32. The molecule has 2 aliphatic heterocycles. The summed E-state index contributed by atoms with van der Waals surface area (Å²) in [7, 11) is -5.21. The zero-order chi connectivity index (χ0) is 103. The molecule has 0 amide bonds. The van der Waals surface area contributed by atoms with E-state index in [1.807, 2.05) is 360 Å². The van der Waals surface area contributed by atoms with Crippen LogP contribution in [-0.4, -0.2) is 97.2 Å². The van der Waals surface area contributed by atoms with Crippen LogP contribution in [0.2, 0.25) is 0 Å². The normalized spacial score (nSPS) is 14.3. The van der Waals surface area contributed by atoms with E-state index < -0.39 is 96.8 Å². The largest absolute Gasteiger partial charge is 0.507 e. The Kier molecular flexibility index (Phi) is 30.2. The summed E-state index contributed by atoms with van der Waals surface area (Å²) in [5, 5.41) is 62.3. The van der Waals surface area contributed by atoms with Gasteiger partial charge in [-0.3, -0.25) is 18.3 Å². The minimum absolute atomic E-state index is 0.161. The number of aromatic nitrogens is 4. The van der Waals surface area contributed by atoms with Crippen molar-refractivity contribution in [3.8, 4) is 67.5 Å². The molecule has 5 heterocycles. The molecule has 28 heteroatoms. The van der Waals surface area contributed by atoms with Crippen LogP contribution in [0.1, 0.15) is 279 Å². The van der Waals surface area contributed by atoms with E-state index in [4.69, 9.17) is 46.2 Å². The molecule has 3 aromatic heterocycles. The highest BCUT2D eigenvalue weighted by atomic mass is 31.2. The number of benzene rings is 8.